The van der Waals surface area contributed by atoms with Gasteiger partial charge in [0.15, 0.2) is 0 Å². The molecule has 10 heteroatoms. The highest BCUT2D eigenvalue weighted by atomic mass is 19.1. The first-order valence-electron chi connectivity index (χ1n) is 11.2. The molecule has 1 aromatic carbocycles. The molecular weight excluding hydrogens is 437 g/mol. The summed E-state index contributed by atoms with van der Waals surface area (Å²) >= 11 is 0. The maximum Gasteiger partial charge on any atom is 0.300 e. The van der Waals surface area contributed by atoms with Crippen molar-refractivity contribution in [2.45, 2.75) is 19.3 Å². The monoisotopic (exact) mass is 461 g/mol. The van der Waals surface area contributed by atoms with Crippen LogP contribution in [0.4, 0.5) is 10.2 Å². The topological polar surface area (TPSA) is 88.6 Å². The van der Waals surface area contributed by atoms with Crippen molar-refractivity contribution >= 4 is 17.4 Å². The first kappa shape index (κ1) is 21.7. The molecule has 1 aliphatic rings. The van der Waals surface area contributed by atoms with Crippen LogP contribution in [-0.2, 0) is 11.2 Å². The maximum absolute atomic E-state index is 13.6. The largest absolute Gasteiger partial charge is 0.353 e. The van der Waals surface area contributed by atoms with Crippen LogP contribution in [0.2, 0.25) is 0 Å². The first-order chi connectivity index (χ1) is 16.6. The van der Waals surface area contributed by atoms with Crippen molar-refractivity contribution < 1.29 is 9.18 Å². The van der Waals surface area contributed by atoms with Crippen LogP contribution in [0.25, 0.3) is 11.3 Å². The van der Waals surface area contributed by atoms with Crippen molar-refractivity contribution in [2.24, 2.45) is 0 Å². The van der Waals surface area contributed by atoms with Gasteiger partial charge < -0.3 is 9.80 Å². The number of piperazine rings is 1. The van der Waals surface area contributed by atoms with E-state index >= 15 is 0 Å². The van der Waals surface area contributed by atoms with Crippen LogP contribution in [0.1, 0.15) is 18.7 Å². The predicted octanol–water partition coefficient (Wildman–Crippen LogP) is 2.09. The molecular formula is C24H24FN7O2. The number of amides is 1. The van der Waals surface area contributed by atoms with Crippen molar-refractivity contribution in [1.29, 1.82) is 0 Å². The van der Waals surface area contributed by atoms with Gasteiger partial charge in [0.2, 0.25) is 11.6 Å². The van der Waals surface area contributed by atoms with E-state index in [1.165, 1.54) is 16.7 Å². The van der Waals surface area contributed by atoms with Crippen molar-refractivity contribution in [3.63, 3.8) is 0 Å². The summed E-state index contributed by atoms with van der Waals surface area (Å²) in [6, 6.07) is 11.6. The summed E-state index contributed by atoms with van der Waals surface area (Å²) in [5.74, 6) is 1.24. The number of benzene rings is 1. The lowest BCUT2D eigenvalue weighted by molar-refractivity contribution is -0.131. The molecule has 1 aliphatic heterocycles. The lowest BCUT2D eigenvalue weighted by Gasteiger charge is -2.35. The molecule has 0 spiro atoms. The fraction of sp³-hybridized carbons (Fsp3) is 0.292. The van der Waals surface area contributed by atoms with E-state index in [0.29, 0.717) is 43.9 Å². The van der Waals surface area contributed by atoms with E-state index in [0.717, 1.165) is 18.9 Å². The Kier molecular flexibility index (Phi) is 6.03. The fourth-order valence-electron chi connectivity index (χ4n) is 4.22. The normalized spacial score (nSPS) is 14.0. The van der Waals surface area contributed by atoms with Crippen LogP contribution in [0, 0.1) is 5.82 Å². The van der Waals surface area contributed by atoms with E-state index < -0.39 is 5.82 Å². The third-order valence-corrected chi connectivity index (χ3v) is 6.02. The van der Waals surface area contributed by atoms with Crippen LogP contribution in [-0.4, -0.2) is 61.1 Å². The van der Waals surface area contributed by atoms with Gasteiger partial charge in [0.1, 0.15) is 17.5 Å². The van der Waals surface area contributed by atoms with Gasteiger partial charge in [-0.3, -0.25) is 18.6 Å². The number of anilines is 1. The average Bonchev–Trinajstić information content (AvgIpc) is 3.29. The van der Waals surface area contributed by atoms with Gasteiger partial charge in [-0.05, 0) is 36.8 Å². The number of hydrogen-bond acceptors (Lipinski definition) is 6. The quantitative estimate of drug-likeness (QED) is 0.437. The molecule has 0 atom stereocenters. The van der Waals surface area contributed by atoms with Crippen LogP contribution < -0.4 is 10.5 Å². The number of aryl methyl sites for hydroxylation is 1. The molecule has 4 aromatic rings. The Morgan fingerprint density at radius 1 is 1.00 bits per heavy atom. The number of carbonyl (C=O) groups is 1. The molecule has 1 fully saturated rings. The molecule has 1 saturated heterocycles. The Labute approximate surface area is 195 Å². The highest BCUT2D eigenvalue weighted by molar-refractivity contribution is 5.76. The summed E-state index contributed by atoms with van der Waals surface area (Å²) < 4.78 is 16.5. The Morgan fingerprint density at radius 3 is 2.62 bits per heavy atom. The average molecular weight is 462 g/mol. The molecule has 5 rings (SSSR count). The third-order valence-electron chi connectivity index (χ3n) is 6.02. The van der Waals surface area contributed by atoms with E-state index in [-0.39, 0.29) is 17.1 Å². The molecule has 0 saturated carbocycles. The number of carbonyl (C=O) groups excluding carboxylic acids is 1. The van der Waals surface area contributed by atoms with Gasteiger partial charge in [-0.2, -0.15) is 0 Å². The van der Waals surface area contributed by atoms with Crippen molar-refractivity contribution in [2.75, 3.05) is 31.1 Å². The van der Waals surface area contributed by atoms with Gasteiger partial charge in [0.25, 0.3) is 0 Å². The summed E-state index contributed by atoms with van der Waals surface area (Å²) in [6.07, 6.45) is 6.56. The summed E-state index contributed by atoms with van der Waals surface area (Å²) in [4.78, 5) is 33.9. The Hall–Kier alpha value is -4.08. The number of hydrogen-bond donors (Lipinski definition) is 0. The molecule has 0 unspecified atom stereocenters. The van der Waals surface area contributed by atoms with Gasteiger partial charge in [0.05, 0.1) is 5.69 Å². The summed E-state index contributed by atoms with van der Waals surface area (Å²) in [5, 5.41) is 8.18. The molecule has 0 radical (unpaired) electrons. The fourth-order valence-corrected chi connectivity index (χ4v) is 4.22. The first-order valence-corrected chi connectivity index (χ1v) is 11.2. The second kappa shape index (κ2) is 9.42. The second-order valence-electron chi connectivity index (χ2n) is 8.17. The molecule has 0 bridgehead atoms. The van der Waals surface area contributed by atoms with Gasteiger partial charge in [-0.25, -0.2) is 9.37 Å². The number of nitrogens with zero attached hydrogens (tertiary/aromatic N) is 7. The van der Waals surface area contributed by atoms with E-state index in [2.05, 4.69) is 20.1 Å². The molecule has 9 nitrogen and oxygen atoms in total. The van der Waals surface area contributed by atoms with Crippen molar-refractivity contribution in [3.05, 3.63) is 83.1 Å². The zero-order valence-electron chi connectivity index (χ0n) is 18.5. The number of aromatic nitrogens is 5. The van der Waals surface area contributed by atoms with E-state index in [9.17, 15) is 14.0 Å². The maximum atomic E-state index is 13.6. The van der Waals surface area contributed by atoms with Gasteiger partial charge >= 0.3 is 5.56 Å². The van der Waals surface area contributed by atoms with Gasteiger partial charge in [-0.15, -0.1) is 10.2 Å². The van der Waals surface area contributed by atoms with Crippen molar-refractivity contribution in [3.8, 4) is 5.69 Å². The van der Waals surface area contributed by atoms with Crippen LogP contribution in [0.5, 0.6) is 0 Å². The smallest absolute Gasteiger partial charge is 0.300 e. The minimum absolute atomic E-state index is 0.114. The molecule has 0 aliphatic carbocycles. The Morgan fingerprint density at radius 2 is 1.85 bits per heavy atom. The zero-order valence-corrected chi connectivity index (χ0v) is 18.5. The van der Waals surface area contributed by atoms with E-state index in [1.807, 2.05) is 23.1 Å². The zero-order chi connectivity index (χ0) is 23.5. The summed E-state index contributed by atoms with van der Waals surface area (Å²) in [5.41, 5.74) is 0.207. The highest BCUT2D eigenvalue weighted by Crippen LogP contribution is 2.14. The number of halogens is 1. The molecule has 174 valence electrons. The number of fused-ring (bicyclic) bond motifs is 1. The third kappa shape index (κ3) is 4.39. The summed E-state index contributed by atoms with van der Waals surface area (Å²) in [7, 11) is 0. The lowest BCUT2D eigenvalue weighted by atomic mass is 10.2. The number of pyridine rings is 1. The number of rotatable bonds is 6. The Balaban J connectivity index is 1.18. The minimum atomic E-state index is -0.422. The molecule has 3 aromatic heterocycles. The van der Waals surface area contributed by atoms with Crippen LogP contribution in [0.3, 0.4) is 0 Å². The molecule has 34 heavy (non-hydrogen) atoms. The van der Waals surface area contributed by atoms with E-state index in [1.54, 1.807) is 35.1 Å². The highest BCUT2D eigenvalue weighted by Gasteiger charge is 2.21. The predicted molar refractivity (Wildman–Crippen MR) is 125 cm³/mol. The van der Waals surface area contributed by atoms with E-state index in [4.69, 9.17) is 0 Å². The van der Waals surface area contributed by atoms with Crippen LogP contribution >= 0.6 is 0 Å². The SMILES string of the molecule is O=C(CCCc1nnc2c(=O)n(-c3cccc(F)c3)ccn12)N1CCN(c2ccccn2)CC1. The van der Waals surface area contributed by atoms with Gasteiger partial charge in [0, 0.05) is 57.6 Å². The lowest BCUT2D eigenvalue weighted by Crippen LogP contribution is -2.49. The van der Waals surface area contributed by atoms with Gasteiger partial charge in [-0.1, -0.05) is 12.1 Å². The molecule has 4 heterocycles. The summed E-state index contributed by atoms with van der Waals surface area (Å²) in [6.45, 7) is 2.86. The molecule has 1 amide bonds. The van der Waals surface area contributed by atoms with Crippen LogP contribution in [0.15, 0.2) is 65.8 Å². The minimum Gasteiger partial charge on any atom is -0.353 e. The standard InChI is InChI=1S/C24H24FN7O2/c25-18-5-3-6-19(17-18)31-15-16-32-21(27-28-23(32)24(31)34)8-4-9-22(33)30-13-11-29(12-14-30)20-7-1-2-10-26-20/h1-3,5-7,10,15-17H,4,8-9,11-14H2. The molecule has 0 N–H and O–H groups in total. The van der Waals surface area contributed by atoms with Crippen molar-refractivity contribution in [1.82, 2.24) is 29.0 Å². The second-order valence-corrected chi connectivity index (χ2v) is 8.17. The Bertz CT molecular complexity index is 1360.